The van der Waals surface area contributed by atoms with Gasteiger partial charge in [-0.3, -0.25) is 0 Å². The average Bonchev–Trinajstić information content (AvgIpc) is 2.24. The first-order chi connectivity index (χ1) is 7.20. The Morgan fingerprint density at radius 3 is 2.73 bits per heavy atom. The zero-order valence-electron chi connectivity index (χ0n) is 10.2. The van der Waals surface area contributed by atoms with Crippen LogP contribution in [0.25, 0.3) is 0 Å². The normalized spacial score (nSPS) is 15.2. The Hall–Kier alpha value is 0.230. The van der Waals surface area contributed by atoms with Crippen molar-refractivity contribution in [1.29, 1.82) is 0 Å². The Kier molecular flexibility index (Phi) is 10.9. The van der Waals surface area contributed by atoms with Gasteiger partial charge in [-0.05, 0) is 31.8 Å². The van der Waals surface area contributed by atoms with Crippen molar-refractivity contribution in [3.63, 3.8) is 0 Å². The van der Waals surface area contributed by atoms with Gasteiger partial charge in [0.2, 0.25) is 0 Å². The zero-order valence-corrected chi connectivity index (χ0v) is 11.0. The van der Waals surface area contributed by atoms with Crippen LogP contribution in [0.15, 0.2) is 0 Å². The summed E-state index contributed by atoms with van der Waals surface area (Å²) in [6.45, 7) is 7.99. The maximum absolute atomic E-state index is 9.51. The molecule has 92 valence electrons. The second-order valence-electron chi connectivity index (χ2n) is 3.61. The van der Waals surface area contributed by atoms with Crippen LogP contribution in [0.3, 0.4) is 0 Å². The van der Waals surface area contributed by atoms with Crippen molar-refractivity contribution in [2.24, 2.45) is 0 Å². The van der Waals surface area contributed by atoms with Gasteiger partial charge in [0.15, 0.2) is 0 Å². The average molecular weight is 235 g/mol. The SMILES string of the molecule is CCOCC(O)CNC(C)CCSCC. The maximum Gasteiger partial charge on any atom is 0.0897 e. The predicted molar refractivity (Wildman–Crippen MR) is 67.6 cm³/mol. The van der Waals surface area contributed by atoms with Crippen LogP contribution in [0.1, 0.15) is 27.2 Å². The number of thioether (sulfide) groups is 1. The van der Waals surface area contributed by atoms with Crippen molar-refractivity contribution in [2.75, 3.05) is 31.3 Å². The van der Waals surface area contributed by atoms with Crippen molar-refractivity contribution >= 4 is 11.8 Å². The first-order valence-corrected chi connectivity index (χ1v) is 6.93. The lowest BCUT2D eigenvalue weighted by molar-refractivity contribution is 0.0416. The lowest BCUT2D eigenvalue weighted by Gasteiger charge is -2.16. The van der Waals surface area contributed by atoms with E-state index in [1.807, 2.05) is 18.7 Å². The van der Waals surface area contributed by atoms with Crippen molar-refractivity contribution in [3.05, 3.63) is 0 Å². The number of rotatable bonds is 10. The fraction of sp³-hybridized carbons (Fsp3) is 1.00. The molecule has 0 aromatic rings. The van der Waals surface area contributed by atoms with Gasteiger partial charge in [0, 0.05) is 19.2 Å². The van der Waals surface area contributed by atoms with Crippen molar-refractivity contribution in [3.8, 4) is 0 Å². The summed E-state index contributed by atoms with van der Waals surface area (Å²) in [5, 5.41) is 12.8. The third-order valence-corrected chi connectivity index (χ3v) is 3.05. The van der Waals surface area contributed by atoms with Gasteiger partial charge in [0.25, 0.3) is 0 Å². The van der Waals surface area contributed by atoms with E-state index in [1.54, 1.807) is 0 Å². The number of ether oxygens (including phenoxy) is 1. The molecule has 0 saturated carbocycles. The first kappa shape index (κ1) is 15.2. The Bertz CT molecular complexity index is 136. The molecule has 0 amide bonds. The van der Waals surface area contributed by atoms with E-state index in [0.29, 0.717) is 25.8 Å². The standard InChI is InChI=1S/C11H25NO2S/c1-4-14-9-11(13)8-12-10(3)6-7-15-5-2/h10-13H,4-9H2,1-3H3. The van der Waals surface area contributed by atoms with E-state index in [0.717, 1.165) is 6.42 Å². The van der Waals surface area contributed by atoms with E-state index in [2.05, 4.69) is 19.2 Å². The lowest BCUT2D eigenvalue weighted by Crippen LogP contribution is -2.36. The molecule has 0 bridgehead atoms. The number of hydrogen-bond donors (Lipinski definition) is 2. The molecule has 0 rings (SSSR count). The van der Waals surface area contributed by atoms with Crippen LogP contribution in [0.5, 0.6) is 0 Å². The molecular weight excluding hydrogens is 210 g/mol. The lowest BCUT2D eigenvalue weighted by atomic mass is 10.2. The van der Waals surface area contributed by atoms with E-state index in [4.69, 9.17) is 4.74 Å². The highest BCUT2D eigenvalue weighted by atomic mass is 32.2. The molecule has 0 radical (unpaired) electrons. The Morgan fingerprint density at radius 2 is 2.13 bits per heavy atom. The molecule has 0 spiro atoms. The van der Waals surface area contributed by atoms with Crippen LogP contribution in [0, 0.1) is 0 Å². The summed E-state index contributed by atoms with van der Waals surface area (Å²) in [6, 6.07) is 0.473. The summed E-state index contributed by atoms with van der Waals surface area (Å²) in [4.78, 5) is 0. The summed E-state index contributed by atoms with van der Waals surface area (Å²) in [6.07, 6.45) is 0.770. The van der Waals surface area contributed by atoms with Crippen LogP contribution in [-0.2, 0) is 4.74 Å². The molecule has 0 aliphatic heterocycles. The van der Waals surface area contributed by atoms with E-state index < -0.39 is 0 Å². The van der Waals surface area contributed by atoms with E-state index in [9.17, 15) is 5.11 Å². The molecule has 0 aromatic heterocycles. The highest BCUT2D eigenvalue weighted by Gasteiger charge is 2.06. The number of hydrogen-bond acceptors (Lipinski definition) is 4. The summed E-state index contributed by atoms with van der Waals surface area (Å²) < 4.78 is 5.13. The number of aliphatic hydroxyl groups is 1. The second kappa shape index (κ2) is 10.7. The Morgan fingerprint density at radius 1 is 1.40 bits per heavy atom. The highest BCUT2D eigenvalue weighted by molar-refractivity contribution is 7.99. The molecule has 0 saturated heterocycles. The van der Waals surface area contributed by atoms with Gasteiger partial charge < -0.3 is 15.2 Å². The molecule has 0 fully saturated rings. The van der Waals surface area contributed by atoms with Crippen molar-refractivity contribution in [2.45, 2.75) is 39.3 Å². The van der Waals surface area contributed by atoms with E-state index in [-0.39, 0.29) is 6.10 Å². The molecule has 0 aromatic carbocycles. The molecule has 15 heavy (non-hydrogen) atoms. The molecule has 2 unspecified atom stereocenters. The highest BCUT2D eigenvalue weighted by Crippen LogP contribution is 2.03. The third kappa shape index (κ3) is 10.5. The molecule has 2 atom stereocenters. The van der Waals surface area contributed by atoms with Gasteiger partial charge in [-0.2, -0.15) is 11.8 Å². The minimum atomic E-state index is -0.383. The smallest absolute Gasteiger partial charge is 0.0897 e. The van der Waals surface area contributed by atoms with Crippen LogP contribution in [-0.4, -0.2) is 48.5 Å². The van der Waals surface area contributed by atoms with Gasteiger partial charge in [0.05, 0.1) is 12.7 Å². The van der Waals surface area contributed by atoms with Crippen LogP contribution in [0.2, 0.25) is 0 Å². The molecule has 3 nitrogen and oxygen atoms in total. The minimum absolute atomic E-state index is 0.383. The van der Waals surface area contributed by atoms with Crippen LogP contribution in [0.4, 0.5) is 0 Å². The first-order valence-electron chi connectivity index (χ1n) is 5.77. The number of nitrogens with one attached hydrogen (secondary N) is 1. The van der Waals surface area contributed by atoms with Gasteiger partial charge in [-0.1, -0.05) is 6.92 Å². The van der Waals surface area contributed by atoms with Gasteiger partial charge in [0.1, 0.15) is 0 Å². The molecule has 4 heteroatoms. The summed E-state index contributed by atoms with van der Waals surface area (Å²) in [7, 11) is 0. The van der Waals surface area contributed by atoms with Gasteiger partial charge in [-0.15, -0.1) is 0 Å². The monoisotopic (exact) mass is 235 g/mol. The van der Waals surface area contributed by atoms with Crippen LogP contribution >= 0.6 is 11.8 Å². The van der Waals surface area contributed by atoms with Crippen molar-refractivity contribution < 1.29 is 9.84 Å². The molecule has 0 heterocycles. The maximum atomic E-state index is 9.51. The fourth-order valence-corrected chi connectivity index (χ4v) is 1.97. The molecule has 0 aliphatic rings. The largest absolute Gasteiger partial charge is 0.389 e. The van der Waals surface area contributed by atoms with Crippen LogP contribution < -0.4 is 5.32 Å². The third-order valence-electron chi connectivity index (χ3n) is 2.12. The second-order valence-corrected chi connectivity index (χ2v) is 5.00. The summed E-state index contributed by atoms with van der Waals surface area (Å²) >= 11 is 1.96. The minimum Gasteiger partial charge on any atom is -0.389 e. The quantitative estimate of drug-likeness (QED) is 0.563. The molecule has 2 N–H and O–H groups in total. The Balaban J connectivity index is 3.31. The molecular formula is C11H25NO2S. The summed E-state index contributed by atoms with van der Waals surface area (Å²) in [5.41, 5.74) is 0. The zero-order chi connectivity index (χ0) is 11.5. The van der Waals surface area contributed by atoms with E-state index >= 15 is 0 Å². The van der Waals surface area contributed by atoms with Gasteiger partial charge in [-0.25, -0.2) is 0 Å². The molecule has 0 aliphatic carbocycles. The topological polar surface area (TPSA) is 41.5 Å². The fourth-order valence-electron chi connectivity index (χ4n) is 1.16. The van der Waals surface area contributed by atoms with Gasteiger partial charge >= 0.3 is 0 Å². The Labute approximate surface area is 98.0 Å². The van der Waals surface area contributed by atoms with Crippen molar-refractivity contribution in [1.82, 2.24) is 5.32 Å². The summed E-state index contributed by atoms with van der Waals surface area (Å²) in [5.74, 6) is 2.37. The predicted octanol–water partition coefficient (Wildman–Crippen LogP) is 1.51. The van der Waals surface area contributed by atoms with E-state index in [1.165, 1.54) is 11.5 Å². The number of aliphatic hydroxyl groups excluding tert-OH is 1.